The highest BCUT2D eigenvalue weighted by molar-refractivity contribution is 5.89. The van der Waals surface area contributed by atoms with Gasteiger partial charge in [0.2, 0.25) is 11.8 Å². The largest absolute Gasteiger partial charge is 0.342 e. The Morgan fingerprint density at radius 3 is 2.55 bits per heavy atom. The van der Waals surface area contributed by atoms with Crippen LogP contribution < -0.4 is 0 Å². The molecular weight excluding hydrogens is 252 g/mol. The Hall–Kier alpha value is -1.06. The summed E-state index contributed by atoms with van der Waals surface area (Å²) in [5.41, 5.74) is 0. The molecule has 0 N–H and O–H groups in total. The van der Waals surface area contributed by atoms with Crippen molar-refractivity contribution >= 4 is 11.8 Å². The highest BCUT2D eigenvalue weighted by Crippen LogP contribution is 2.30. The number of piperidine rings is 1. The third-order valence-corrected chi connectivity index (χ3v) is 5.24. The van der Waals surface area contributed by atoms with Gasteiger partial charge >= 0.3 is 0 Å². The molecule has 1 saturated carbocycles. The molecular formula is C16H26N2O2. The predicted molar refractivity (Wildman–Crippen MR) is 77.1 cm³/mol. The molecule has 0 radical (unpaired) electrons. The van der Waals surface area contributed by atoms with Crippen LogP contribution in [-0.4, -0.2) is 47.3 Å². The van der Waals surface area contributed by atoms with Crippen molar-refractivity contribution in [1.29, 1.82) is 0 Å². The summed E-state index contributed by atoms with van der Waals surface area (Å²) in [6.45, 7) is 4.65. The van der Waals surface area contributed by atoms with Gasteiger partial charge in [-0.05, 0) is 31.6 Å². The number of hydrogen-bond acceptors (Lipinski definition) is 2. The van der Waals surface area contributed by atoms with E-state index in [2.05, 4.69) is 6.92 Å². The Morgan fingerprint density at radius 1 is 1.10 bits per heavy atom. The lowest BCUT2D eigenvalue weighted by molar-refractivity contribution is -0.137. The van der Waals surface area contributed by atoms with Crippen molar-refractivity contribution in [2.24, 2.45) is 11.8 Å². The maximum absolute atomic E-state index is 12.6. The number of carbonyl (C=O) groups is 2. The molecule has 0 aromatic rings. The van der Waals surface area contributed by atoms with Crippen LogP contribution in [-0.2, 0) is 9.59 Å². The second-order valence-corrected chi connectivity index (χ2v) is 6.92. The van der Waals surface area contributed by atoms with Gasteiger partial charge in [0.05, 0.1) is 5.92 Å². The van der Waals surface area contributed by atoms with Crippen molar-refractivity contribution in [2.45, 2.75) is 57.9 Å². The van der Waals surface area contributed by atoms with E-state index in [9.17, 15) is 9.59 Å². The van der Waals surface area contributed by atoms with Crippen molar-refractivity contribution in [3.8, 4) is 0 Å². The fourth-order valence-corrected chi connectivity index (χ4v) is 4.11. The number of hydrogen-bond donors (Lipinski definition) is 0. The molecule has 2 amide bonds. The Kier molecular flexibility index (Phi) is 3.99. The zero-order chi connectivity index (χ0) is 14.1. The van der Waals surface area contributed by atoms with Crippen LogP contribution in [0.5, 0.6) is 0 Å². The van der Waals surface area contributed by atoms with E-state index in [4.69, 9.17) is 0 Å². The van der Waals surface area contributed by atoms with Gasteiger partial charge < -0.3 is 9.80 Å². The first-order valence-corrected chi connectivity index (χ1v) is 8.23. The molecule has 0 bridgehead atoms. The molecule has 0 spiro atoms. The SMILES string of the molecule is CC1CCCN(C(=O)C2CC(=O)N(C3CCCC3)C2)C1. The number of rotatable bonds is 2. The second-order valence-electron chi connectivity index (χ2n) is 6.92. The molecule has 112 valence electrons. The first-order chi connectivity index (χ1) is 9.65. The smallest absolute Gasteiger partial charge is 0.228 e. The fraction of sp³-hybridized carbons (Fsp3) is 0.875. The van der Waals surface area contributed by atoms with Crippen molar-refractivity contribution in [3.05, 3.63) is 0 Å². The summed E-state index contributed by atoms with van der Waals surface area (Å²) in [5, 5.41) is 0. The van der Waals surface area contributed by atoms with Gasteiger partial charge in [-0.3, -0.25) is 9.59 Å². The fourth-order valence-electron chi connectivity index (χ4n) is 4.11. The first-order valence-electron chi connectivity index (χ1n) is 8.23. The van der Waals surface area contributed by atoms with Gasteiger partial charge in [-0.2, -0.15) is 0 Å². The minimum Gasteiger partial charge on any atom is -0.342 e. The lowest BCUT2D eigenvalue weighted by Gasteiger charge is -2.33. The Labute approximate surface area is 121 Å². The predicted octanol–water partition coefficient (Wildman–Crippen LogP) is 2.04. The summed E-state index contributed by atoms with van der Waals surface area (Å²) in [6, 6.07) is 0.417. The lowest BCUT2D eigenvalue weighted by atomic mass is 9.98. The van der Waals surface area contributed by atoms with Crippen LogP contribution in [0.15, 0.2) is 0 Å². The molecule has 3 rings (SSSR count). The molecule has 4 heteroatoms. The highest BCUT2D eigenvalue weighted by Gasteiger charge is 2.40. The van der Waals surface area contributed by atoms with E-state index < -0.39 is 0 Å². The first kappa shape index (κ1) is 13.9. The van der Waals surface area contributed by atoms with Gasteiger partial charge in [0, 0.05) is 32.1 Å². The van der Waals surface area contributed by atoms with Crippen LogP contribution in [0.1, 0.15) is 51.9 Å². The molecule has 4 nitrogen and oxygen atoms in total. The van der Waals surface area contributed by atoms with Crippen LogP contribution in [0.4, 0.5) is 0 Å². The van der Waals surface area contributed by atoms with Crippen LogP contribution >= 0.6 is 0 Å². The number of nitrogens with zero attached hydrogens (tertiary/aromatic N) is 2. The van der Waals surface area contributed by atoms with E-state index in [0.717, 1.165) is 32.4 Å². The quantitative estimate of drug-likeness (QED) is 0.775. The molecule has 1 aliphatic carbocycles. The highest BCUT2D eigenvalue weighted by atomic mass is 16.2. The van der Waals surface area contributed by atoms with Crippen LogP contribution in [0.2, 0.25) is 0 Å². The summed E-state index contributed by atoms with van der Waals surface area (Å²) >= 11 is 0. The van der Waals surface area contributed by atoms with Crippen molar-refractivity contribution in [3.63, 3.8) is 0 Å². The molecule has 2 heterocycles. The molecule has 20 heavy (non-hydrogen) atoms. The van der Waals surface area contributed by atoms with Gasteiger partial charge in [0.15, 0.2) is 0 Å². The summed E-state index contributed by atoms with van der Waals surface area (Å²) in [7, 11) is 0. The molecule has 3 fully saturated rings. The number of likely N-dealkylation sites (tertiary alicyclic amines) is 2. The average Bonchev–Trinajstić information content (AvgIpc) is 3.06. The van der Waals surface area contributed by atoms with Crippen molar-refractivity contribution in [1.82, 2.24) is 9.80 Å². The van der Waals surface area contributed by atoms with Gasteiger partial charge in [0.1, 0.15) is 0 Å². The zero-order valence-corrected chi connectivity index (χ0v) is 12.5. The lowest BCUT2D eigenvalue weighted by Crippen LogP contribution is -2.43. The van der Waals surface area contributed by atoms with E-state index in [1.165, 1.54) is 19.3 Å². The van der Waals surface area contributed by atoms with E-state index in [-0.39, 0.29) is 17.7 Å². The van der Waals surface area contributed by atoms with E-state index in [1.807, 2.05) is 9.80 Å². The standard InChI is InChI=1S/C16H26N2O2/c1-12-5-4-8-17(10-12)16(20)13-9-15(19)18(11-13)14-6-2-3-7-14/h12-14H,2-11H2,1H3. The Balaban J connectivity index is 1.60. The molecule has 2 atom stereocenters. The topological polar surface area (TPSA) is 40.6 Å². The van der Waals surface area contributed by atoms with E-state index in [1.54, 1.807) is 0 Å². The molecule has 0 aromatic heterocycles. The number of carbonyl (C=O) groups excluding carboxylic acids is 2. The van der Waals surface area contributed by atoms with Crippen LogP contribution in [0.25, 0.3) is 0 Å². The third-order valence-electron chi connectivity index (χ3n) is 5.24. The van der Waals surface area contributed by atoms with Gasteiger partial charge in [-0.15, -0.1) is 0 Å². The van der Waals surface area contributed by atoms with Gasteiger partial charge in [0.25, 0.3) is 0 Å². The van der Waals surface area contributed by atoms with E-state index >= 15 is 0 Å². The van der Waals surface area contributed by atoms with Crippen molar-refractivity contribution in [2.75, 3.05) is 19.6 Å². The maximum atomic E-state index is 12.6. The normalized spacial score (nSPS) is 32.1. The van der Waals surface area contributed by atoms with Gasteiger partial charge in [-0.25, -0.2) is 0 Å². The van der Waals surface area contributed by atoms with Crippen LogP contribution in [0, 0.1) is 11.8 Å². The summed E-state index contributed by atoms with van der Waals surface area (Å²) in [5.74, 6) is 0.967. The minimum absolute atomic E-state index is 0.0756. The molecule has 2 saturated heterocycles. The minimum atomic E-state index is -0.0756. The van der Waals surface area contributed by atoms with Crippen molar-refractivity contribution < 1.29 is 9.59 Å². The summed E-state index contributed by atoms with van der Waals surface area (Å²) < 4.78 is 0. The van der Waals surface area contributed by atoms with Crippen LogP contribution in [0.3, 0.4) is 0 Å². The zero-order valence-electron chi connectivity index (χ0n) is 12.5. The third kappa shape index (κ3) is 2.70. The maximum Gasteiger partial charge on any atom is 0.228 e. The summed E-state index contributed by atoms with van der Waals surface area (Å²) in [6.07, 6.45) is 7.51. The molecule has 2 aliphatic heterocycles. The Bertz CT molecular complexity index is 390. The molecule has 0 aromatic carbocycles. The summed E-state index contributed by atoms with van der Waals surface area (Å²) in [4.78, 5) is 28.8. The molecule has 2 unspecified atom stereocenters. The van der Waals surface area contributed by atoms with Gasteiger partial charge in [-0.1, -0.05) is 19.8 Å². The Morgan fingerprint density at radius 2 is 1.85 bits per heavy atom. The molecule has 3 aliphatic rings. The monoisotopic (exact) mass is 278 g/mol. The van der Waals surface area contributed by atoms with E-state index in [0.29, 0.717) is 24.9 Å². The average molecular weight is 278 g/mol. The second kappa shape index (κ2) is 5.74. The number of amides is 2.